The molecule has 4 rings (SSSR count). The highest BCUT2D eigenvalue weighted by molar-refractivity contribution is 6.05. The second-order valence-electron chi connectivity index (χ2n) is 8.27. The molecule has 176 valence electrons. The monoisotopic (exact) mass is 462 g/mol. The first-order valence-electron chi connectivity index (χ1n) is 11.2. The van der Waals surface area contributed by atoms with Crippen LogP contribution < -0.4 is 20.3 Å². The molecule has 1 fully saturated rings. The SMILES string of the molecule is COc1ccccc1NC(=O)c1ccnc(N2CCC(C(=O)Nc3ccc(C)c(F)c3)CC2)c1. The topological polar surface area (TPSA) is 83.6 Å². The van der Waals surface area contributed by atoms with Gasteiger partial charge in [0.1, 0.15) is 17.4 Å². The van der Waals surface area contributed by atoms with E-state index in [1.807, 2.05) is 12.1 Å². The Morgan fingerprint density at radius 1 is 1.06 bits per heavy atom. The van der Waals surface area contributed by atoms with Crippen molar-refractivity contribution in [2.75, 3.05) is 35.7 Å². The number of carbonyl (C=O) groups excluding carboxylic acids is 2. The minimum Gasteiger partial charge on any atom is -0.495 e. The first-order valence-corrected chi connectivity index (χ1v) is 11.2. The molecule has 0 spiro atoms. The van der Waals surface area contributed by atoms with Crippen LogP contribution in [0.5, 0.6) is 5.75 Å². The molecule has 0 aliphatic carbocycles. The van der Waals surface area contributed by atoms with Crippen molar-refractivity contribution in [1.82, 2.24) is 4.98 Å². The van der Waals surface area contributed by atoms with Crippen LogP contribution in [-0.2, 0) is 4.79 Å². The molecule has 0 unspecified atom stereocenters. The Labute approximate surface area is 198 Å². The molecule has 0 atom stereocenters. The maximum atomic E-state index is 13.8. The summed E-state index contributed by atoms with van der Waals surface area (Å²) in [5.74, 6) is 0.394. The highest BCUT2D eigenvalue weighted by atomic mass is 19.1. The first kappa shape index (κ1) is 23.2. The Kier molecular flexibility index (Phi) is 7.06. The molecule has 1 saturated heterocycles. The van der Waals surface area contributed by atoms with Crippen LogP contribution >= 0.6 is 0 Å². The van der Waals surface area contributed by atoms with E-state index in [0.29, 0.717) is 60.0 Å². The lowest BCUT2D eigenvalue weighted by Gasteiger charge is -2.32. The Morgan fingerprint density at radius 2 is 1.82 bits per heavy atom. The number of halogens is 1. The molecule has 0 bridgehead atoms. The third-order valence-corrected chi connectivity index (χ3v) is 5.99. The minimum absolute atomic E-state index is 0.110. The van der Waals surface area contributed by atoms with Gasteiger partial charge < -0.3 is 20.3 Å². The van der Waals surface area contributed by atoms with Crippen molar-refractivity contribution in [2.45, 2.75) is 19.8 Å². The van der Waals surface area contributed by atoms with Crippen LogP contribution in [0.4, 0.5) is 21.6 Å². The third-order valence-electron chi connectivity index (χ3n) is 5.99. The average Bonchev–Trinajstić information content (AvgIpc) is 2.86. The number of amides is 2. The molecule has 2 heterocycles. The number of hydrogen-bond acceptors (Lipinski definition) is 5. The summed E-state index contributed by atoms with van der Waals surface area (Å²) in [5.41, 5.74) is 2.08. The van der Waals surface area contributed by atoms with Crippen molar-refractivity contribution >= 4 is 29.0 Å². The smallest absolute Gasteiger partial charge is 0.255 e. The van der Waals surface area contributed by atoms with Crippen LogP contribution in [0, 0.1) is 18.7 Å². The van der Waals surface area contributed by atoms with E-state index in [9.17, 15) is 14.0 Å². The van der Waals surface area contributed by atoms with Gasteiger partial charge in [0.15, 0.2) is 0 Å². The van der Waals surface area contributed by atoms with Gasteiger partial charge in [0.25, 0.3) is 5.91 Å². The maximum absolute atomic E-state index is 13.8. The van der Waals surface area contributed by atoms with Gasteiger partial charge in [-0.25, -0.2) is 9.37 Å². The van der Waals surface area contributed by atoms with E-state index in [4.69, 9.17) is 4.74 Å². The van der Waals surface area contributed by atoms with Crippen molar-refractivity contribution in [3.05, 3.63) is 77.7 Å². The van der Waals surface area contributed by atoms with Gasteiger partial charge in [-0.2, -0.15) is 0 Å². The molecular formula is C26H27FN4O3. The number of ether oxygens (including phenoxy) is 1. The predicted molar refractivity (Wildman–Crippen MR) is 130 cm³/mol. The van der Waals surface area contributed by atoms with Gasteiger partial charge in [0, 0.05) is 36.5 Å². The van der Waals surface area contributed by atoms with Gasteiger partial charge in [-0.15, -0.1) is 0 Å². The number of aromatic nitrogens is 1. The molecule has 7 nitrogen and oxygen atoms in total. The van der Waals surface area contributed by atoms with E-state index in [2.05, 4.69) is 20.5 Å². The summed E-state index contributed by atoms with van der Waals surface area (Å²) in [5, 5.41) is 5.69. The predicted octanol–water partition coefficient (Wildman–Crippen LogP) is 4.65. The number of benzene rings is 2. The fourth-order valence-corrected chi connectivity index (χ4v) is 3.96. The normalized spacial score (nSPS) is 13.9. The van der Waals surface area contributed by atoms with Crippen molar-refractivity contribution in [1.29, 1.82) is 0 Å². The van der Waals surface area contributed by atoms with E-state index in [-0.39, 0.29) is 23.5 Å². The van der Waals surface area contributed by atoms with Gasteiger partial charge in [-0.3, -0.25) is 9.59 Å². The molecule has 2 N–H and O–H groups in total. The summed E-state index contributed by atoms with van der Waals surface area (Å²) in [7, 11) is 1.55. The Hall–Kier alpha value is -3.94. The first-order chi connectivity index (χ1) is 16.4. The van der Waals surface area contributed by atoms with Crippen molar-refractivity contribution in [2.24, 2.45) is 5.92 Å². The second kappa shape index (κ2) is 10.3. The molecule has 8 heteroatoms. The summed E-state index contributed by atoms with van der Waals surface area (Å²) in [4.78, 5) is 31.9. The average molecular weight is 463 g/mol. The number of rotatable bonds is 6. The molecular weight excluding hydrogens is 435 g/mol. The van der Waals surface area contributed by atoms with Crippen molar-refractivity contribution in [3.63, 3.8) is 0 Å². The molecule has 2 amide bonds. The van der Waals surface area contributed by atoms with E-state index in [1.165, 1.54) is 6.07 Å². The molecule has 0 radical (unpaired) electrons. The highest BCUT2D eigenvalue weighted by Crippen LogP contribution is 2.26. The number of pyridine rings is 1. The molecule has 34 heavy (non-hydrogen) atoms. The Morgan fingerprint density at radius 3 is 2.56 bits per heavy atom. The van der Waals surface area contributed by atoms with E-state index >= 15 is 0 Å². The zero-order valence-electron chi connectivity index (χ0n) is 19.2. The number of aryl methyl sites for hydroxylation is 1. The quantitative estimate of drug-likeness (QED) is 0.557. The van der Waals surface area contributed by atoms with Crippen LogP contribution in [0.25, 0.3) is 0 Å². The lowest BCUT2D eigenvalue weighted by Crippen LogP contribution is -2.38. The summed E-state index contributed by atoms with van der Waals surface area (Å²) >= 11 is 0. The number of carbonyl (C=O) groups is 2. The van der Waals surface area contributed by atoms with Gasteiger partial charge >= 0.3 is 0 Å². The molecule has 3 aromatic rings. The van der Waals surface area contributed by atoms with Gasteiger partial charge in [0.05, 0.1) is 12.8 Å². The number of para-hydroxylation sites is 2. The number of nitrogens with one attached hydrogen (secondary N) is 2. The zero-order valence-corrected chi connectivity index (χ0v) is 19.2. The van der Waals surface area contributed by atoms with Crippen LogP contribution in [0.1, 0.15) is 28.8 Å². The zero-order chi connectivity index (χ0) is 24.1. The molecule has 1 aromatic heterocycles. The summed E-state index contributed by atoms with van der Waals surface area (Å²) < 4.78 is 19.1. The van der Waals surface area contributed by atoms with Gasteiger partial charge in [-0.1, -0.05) is 18.2 Å². The Bertz CT molecular complexity index is 1190. The fourth-order valence-electron chi connectivity index (χ4n) is 3.96. The van der Waals surface area contributed by atoms with Crippen LogP contribution in [-0.4, -0.2) is 37.0 Å². The fraction of sp³-hybridized carbons (Fsp3) is 0.269. The second-order valence-corrected chi connectivity index (χ2v) is 8.27. The largest absolute Gasteiger partial charge is 0.495 e. The maximum Gasteiger partial charge on any atom is 0.255 e. The number of hydrogen-bond donors (Lipinski definition) is 2. The van der Waals surface area contributed by atoms with Gasteiger partial charge in [0.2, 0.25) is 5.91 Å². The van der Waals surface area contributed by atoms with Crippen LogP contribution in [0.2, 0.25) is 0 Å². The van der Waals surface area contributed by atoms with E-state index in [0.717, 1.165) is 0 Å². The summed E-state index contributed by atoms with van der Waals surface area (Å²) in [6.07, 6.45) is 2.89. The van der Waals surface area contributed by atoms with Crippen LogP contribution in [0.3, 0.4) is 0 Å². The van der Waals surface area contributed by atoms with Crippen molar-refractivity contribution in [3.8, 4) is 5.75 Å². The number of nitrogens with zero attached hydrogens (tertiary/aromatic N) is 2. The number of piperidine rings is 1. The van der Waals surface area contributed by atoms with Gasteiger partial charge in [-0.05, 0) is 61.7 Å². The lowest BCUT2D eigenvalue weighted by atomic mass is 9.95. The van der Waals surface area contributed by atoms with E-state index in [1.54, 1.807) is 56.6 Å². The van der Waals surface area contributed by atoms with Crippen LogP contribution in [0.15, 0.2) is 60.8 Å². The van der Waals surface area contributed by atoms with E-state index < -0.39 is 0 Å². The minimum atomic E-state index is -0.340. The standard InChI is InChI=1S/C26H27FN4O3/c1-17-7-8-20(16-21(17)27)29-25(32)18-10-13-31(14-11-18)24-15-19(9-12-28-24)26(33)30-22-5-3-4-6-23(22)34-2/h3-9,12,15-16,18H,10-11,13-14H2,1-2H3,(H,29,32)(H,30,33). The molecule has 1 aliphatic heterocycles. The third kappa shape index (κ3) is 5.33. The highest BCUT2D eigenvalue weighted by Gasteiger charge is 2.26. The Balaban J connectivity index is 1.36. The molecule has 2 aromatic carbocycles. The summed E-state index contributed by atoms with van der Waals surface area (Å²) in [6.45, 7) is 2.94. The molecule has 0 saturated carbocycles. The summed E-state index contributed by atoms with van der Waals surface area (Å²) in [6, 6.07) is 15.3. The lowest BCUT2D eigenvalue weighted by molar-refractivity contribution is -0.120. The van der Waals surface area contributed by atoms with Crippen molar-refractivity contribution < 1.29 is 18.7 Å². The molecule has 1 aliphatic rings. The number of anilines is 3. The number of methoxy groups -OCH3 is 1.